The Balaban J connectivity index is 1.71. The minimum Gasteiger partial charge on any atom is -0.493 e. The van der Waals surface area contributed by atoms with Crippen molar-refractivity contribution in [3.05, 3.63) is 65.2 Å². The normalized spacial score (nSPS) is 12.6. The number of ether oxygens (including phenoxy) is 1. The molecular weight excluding hydrogens is 290 g/mol. The van der Waals surface area contributed by atoms with E-state index in [0.29, 0.717) is 25.3 Å². The predicted molar refractivity (Wildman–Crippen MR) is 88.8 cm³/mol. The van der Waals surface area contributed by atoms with E-state index in [0.717, 1.165) is 24.2 Å². The summed E-state index contributed by atoms with van der Waals surface area (Å²) in [5, 5.41) is 9.27. The van der Waals surface area contributed by atoms with Gasteiger partial charge in [-0.15, -0.1) is 0 Å². The molecule has 3 rings (SSSR count). The minimum absolute atomic E-state index is 0.0332. The van der Waals surface area contributed by atoms with Gasteiger partial charge in [0.15, 0.2) is 0 Å². The summed E-state index contributed by atoms with van der Waals surface area (Å²) in [7, 11) is 0. The Morgan fingerprint density at radius 1 is 1.13 bits per heavy atom. The van der Waals surface area contributed by atoms with Gasteiger partial charge >= 0.3 is 0 Å². The Labute approximate surface area is 136 Å². The van der Waals surface area contributed by atoms with Crippen LogP contribution in [0, 0.1) is 0 Å². The maximum Gasteiger partial charge on any atom is 0.253 e. The van der Waals surface area contributed by atoms with Crippen molar-refractivity contribution < 1.29 is 14.6 Å². The summed E-state index contributed by atoms with van der Waals surface area (Å²) in [6.45, 7) is 1.59. The number of hydrogen-bond donors (Lipinski definition) is 1. The van der Waals surface area contributed by atoms with E-state index in [1.54, 1.807) is 11.0 Å². The molecular formula is C19H21NO3. The topological polar surface area (TPSA) is 49.8 Å². The van der Waals surface area contributed by atoms with E-state index in [9.17, 15) is 9.90 Å². The Kier molecular flexibility index (Phi) is 4.93. The molecule has 1 N–H and O–H groups in total. The third-order valence-corrected chi connectivity index (χ3v) is 4.11. The number of aliphatic hydroxyl groups excluding tert-OH is 1. The van der Waals surface area contributed by atoms with Crippen LogP contribution in [0.25, 0.3) is 0 Å². The number of nitrogens with zero attached hydrogens (tertiary/aromatic N) is 1. The molecule has 1 aliphatic rings. The molecule has 0 saturated carbocycles. The van der Waals surface area contributed by atoms with E-state index in [2.05, 4.69) is 0 Å². The zero-order chi connectivity index (χ0) is 16.1. The van der Waals surface area contributed by atoms with Gasteiger partial charge in [-0.2, -0.15) is 0 Å². The number of fused-ring (bicyclic) bond motifs is 1. The molecule has 4 heteroatoms. The van der Waals surface area contributed by atoms with E-state index >= 15 is 0 Å². The lowest BCUT2D eigenvalue weighted by Gasteiger charge is -2.22. The van der Waals surface area contributed by atoms with Crippen molar-refractivity contribution in [1.29, 1.82) is 0 Å². The van der Waals surface area contributed by atoms with E-state index in [1.165, 1.54) is 5.56 Å². The third-order valence-electron chi connectivity index (χ3n) is 4.11. The van der Waals surface area contributed by atoms with Crippen LogP contribution < -0.4 is 4.74 Å². The second-order valence-corrected chi connectivity index (χ2v) is 5.67. The van der Waals surface area contributed by atoms with Gasteiger partial charge in [-0.1, -0.05) is 30.3 Å². The lowest BCUT2D eigenvalue weighted by Crippen LogP contribution is -2.35. The van der Waals surface area contributed by atoms with Gasteiger partial charge in [0.1, 0.15) is 5.75 Å². The number of benzene rings is 2. The molecule has 1 amide bonds. The maximum atomic E-state index is 12.7. The van der Waals surface area contributed by atoms with Gasteiger partial charge in [0.05, 0.1) is 13.2 Å². The Morgan fingerprint density at radius 3 is 2.74 bits per heavy atom. The first kappa shape index (κ1) is 15.6. The van der Waals surface area contributed by atoms with E-state index in [4.69, 9.17) is 4.74 Å². The largest absolute Gasteiger partial charge is 0.493 e. The molecule has 2 aromatic rings. The molecule has 0 spiro atoms. The number of aliphatic hydroxyl groups is 1. The molecule has 0 atom stereocenters. The summed E-state index contributed by atoms with van der Waals surface area (Å²) >= 11 is 0. The second-order valence-electron chi connectivity index (χ2n) is 5.67. The molecule has 1 heterocycles. The molecule has 4 nitrogen and oxygen atoms in total. The van der Waals surface area contributed by atoms with Gasteiger partial charge in [-0.05, 0) is 35.7 Å². The van der Waals surface area contributed by atoms with Crippen molar-refractivity contribution in [3.63, 3.8) is 0 Å². The Bertz CT molecular complexity index is 670. The van der Waals surface area contributed by atoms with Gasteiger partial charge in [-0.3, -0.25) is 4.79 Å². The average Bonchev–Trinajstić information content (AvgIpc) is 3.06. The Morgan fingerprint density at radius 2 is 1.96 bits per heavy atom. The summed E-state index contributed by atoms with van der Waals surface area (Å²) in [5.74, 6) is 0.837. The highest BCUT2D eigenvalue weighted by Crippen LogP contribution is 2.26. The highest BCUT2D eigenvalue weighted by atomic mass is 16.5. The first-order valence-corrected chi connectivity index (χ1v) is 7.98. The lowest BCUT2D eigenvalue weighted by molar-refractivity contribution is 0.0724. The van der Waals surface area contributed by atoms with E-state index < -0.39 is 0 Å². The van der Waals surface area contributed by atoms with Crippen molar-refractivity contribution in [3.8, 4) is 5.75 Å². The zero-order valence-electron chi connectivity index (χ0n) is 13.1. The van der Waals surface area contributed by atoms with Gasteiger partial charge < -0.3 is 14.7 Å². The average molecular weight is 311 g/mol. The monoisotopic (exact) mass is 311 g/mol. The van der Waals surface area contributed by atoms with Gasteiger partial charge in [0, 0.05) is 25.1 Å². The zero-order valence-corrected chi connectivity index (χ0v) is 13.1. The molecule has 0 saturated heterocycles. The van der Waals surface area contributed by atoms with Crippen molar-refractivity contribution in [2.24, 2.45) is 0 Å². The van der Waals surface area contributed by atoms with Crippen LogP contribution in [-0.4, -0.2) is 42.2 Å². The van der Waals surface area contributed by atoms with Gasteiger partial charge in [0.25, 0.3) is 5.91 Å². The van der Waals surface area contributed by atoms with E-state index in [-0.39, 0.29) is 12.5 Å². The lowest BCUT2D eigenvalue weighted by atomic mass is 10.1. The number of carbonyl (C=O) groups is 1. The van der Waals surface area contributed by atoms with Crippen LogP contribution in [0.1, 0.15) is 21.5 Å². The summed E-state index contributed by atoms with van der Waals surface area (Å²) < 4.78 is 5.48. The molecule has 0 aromatic heterocycles. The van der Waals surface area contributed by atoms with Crippen molar-refractivity contribution in [1.82, 2.24) is 4.90 Å². The van der Waals surface area contributed by atoms with Crippen LogP contribution >= 0.6 is 0 Å². The summed E-state index contributed by atoms with van der Waals surface area (Å²) in [5.41, 5.74) is 2.93. The van der Waals surface area contributed by atoms with Crippen molar-refractivity contribution >= 4 is 5.91 Å². The van der Waals surface area contributed by atoms with Crippen LogP contribution in [0.4, 0.5) is 0 Å². The third kappa shape index (κ3) is 3.71. The fourth-order valence-electron chi connectivity index (χ4n) is 2.85. The van der Waals surface area contributed by atoms with Gasteiger partial charge in [0.2, 0.25) is 0 Å². The fraction of sp³-hybridized carbons (Fsp3) is 0.316. The molecule has 1 aliphatic heterocycles. The highest BCUT2D eigenvalue weighted by Gasteiger charge is 2.19. The molecule has 0 unspecified atom stereocenters. The predicted octanol–water partition coefficient (Wildman–Crippen LogP) is 2.30. The quantitative estimate of drug-likeness (QED) is 0.890. The molecule has 2 aromatic carbocycles. The van der Waals surface area contributed by atoms with Crippen LogP contribution in [-0.2, 0) is 12.8 Å². The number of amides is 1. The van der Waals surface area contributed by atoms with Crippen LogP contribution in [0.2, 0.25) is 0 Å². The molecule has 0 fully saturated rings. The summed E-state index contributed by atoms with van der Waals surface area (Å²) in [4.78, 5) is 14.4. The maximum absolute atomic E-state index is 12.7. The Hall–Kier alpha value is -2.33. The highest BCUT2D eigenvalue weighted by molar-refractivity contribution is 5.94. The van der Waals surface area contributed by atoms with Crippen LogP contribution in [0.15, 0.2) is 48.5 Å². The standard InChI is InChI=1S/C19H21NO3/c21-12-11-20(10-8-15-4-2-1-3-5-15)19(22)17-6-7-18-16(14-17)9-13-23-18/h1-7,14,21H,8-13H2. The van der Waals surface area contributed by atoms with E-state index in [1.807, 2.05) is 42.5 Å². The molecule has 120 valence electrons. The van der Waals surface area contributed by atoms with Crippen LogP contribution in [0.3, 0.4) is 0 Å². The molecule has 0 radical (unpaired) electrons. The molecule has 0 aliphatic carbocycles. The summed E-state index contributed by atoms with van der Waals surface area (Å²) in [6.07, 6.45) is 1.63. The smallest absolute Gasteiger partial charge is 0.253 e. The minimum atomic E-state index is -0.0373. The number of hydrogen-bond acceptors (Lipinski definition) is 3. The summed E-state index contributed by atoms with van der Waals surface area (Å²) in [6, 6.07) is 15.7. The van der Waals surface area contributed by atoms with Crippen LogP contribution in [0.5, 0.6) is 5.75 Å². The van der Waals surface area contributed by atoms with Gasteiger partial charge in [-0.25, -0.2) is 0 Å². The number of rotatable bonds is 6. The SMILES string of the molecule is O=C(c1ccc2c(c1)CCO2)N(CCO)CCc1ccccc1. The van der Waals surface area contributed by atoms with Crippen molar-refractivity contribution in [2.75, 3.05) is 26.3 Å². The second kappa shape index (κ2) is 7.29. The first-order valence-electron chi connectivity index (χ1n) is 7.98. The molecule has 0 bridgehead atoms. The first-order chi connectivity index (χ1) is 11.3. The number of carbonyl (C=O) groups excluding carboxylic acids is 1. The molecule has 23 heavy (non-hydrogen) atoms. The van der Waals surface area contributed by atoms with Crippen molar-refractivity contribution in [2.45, 2.75) is 12.8 Å². The fourth-order valence-corrected chi connectivity index (χ4v) is 2.85.